The third kappa shape index (κ3) is 8.36. The zero-order chi connectivity index (χ0) is 33.3. The molecule has 15 nitrogen and oxygen atoms in total. The number of carbonyl (C=O) groups excluding carboxylic acids is 5. The Morgan fingerprint density at radius 2 is 1.74 bits per heavy atom. The summed E-state index contributed by atoms with van der Waals surface area (Å²) in [6, 6.07) is 8.21. The molecule has 0 spiro atoms. The predicted octanol–water partition coefficient (Wildman–Crippen LogP) is 1.21. The number of rotatable bonds is 12. The number of nitrogens with zero attached hydrogens (tertiary/aromatic N) is 5. The molecule has 0 radical (unpaired) electrons. The van der Waals surface area contributed by atoms with Crippen LogP contribution >= 0.6 is 0 Å². The minimum atomic E-state index is -1.48. The number of nitrogens with one attached hydrogen (secondary N) is 2. The van der Waals surface area contributed by atoms with E-state index in [0.29, 0.717) is 25.1 Å². The number of hydroxylamine groups is 2. The smallest absolute Gasteiger partial charge is 0.467 e. The molecule has 2 saturated heterocycles. The van der Waals surface area contributed by atoms with Gasteiger partial charge in [-0.25, -0.2) is 13.9 Å². The van der Waals surface area contributed by atoms with Crippen LogP contribution in [-0.2, 0) is 24.0 Å². The molecule has 16 heteroatoms. The molecule has 254 valence electrons. The van der Waals surface area contributed by atoms with Gasteiger partial charge in [0.1, 0.15) is 18.8 Å². The van der Waals surface area contributed by atoms with E-state index in [1.54, 1.807) is 37.3 Å². The van der Waals surface area contributed by atoms with Crippen LogP contribution in [0.2, 0.25) is 0 Å². The van der Waals surface area contributed by atoms with Gasteiger partial charge >= 0.3 is 6.16 Å². The molecule has 2 aliphatic heterocycles. The Bertz CT molecular complexity index is 1430. The Hall–Kier alpha value is -4.73. The lowest BCUT2D eigenvalue weighted by Gasteiger charge is -2.34. The largest absolute Gasteiger partial charge is 0.527 e. The fourth-order valence-electron chi connectivity index (χ4n) is 5.61. The van der Waals surface area contributed by atoms with Crippen LogP contribution in [0.1, 0.15) is 49.5 Å². The number of aromatic nitrogens is 2. The van der Waals surface area contributed by atoms with Gasteiger partial charge < -0.3 is 34.7 Å². The van der Waals surface area contributed by atoms with Gasteiger partial charge in [-0.2, -0.15) is 5.10 Å². The summed E-state index contributed by atoms with van der Waals surface area (Å²) in [6.45, 7) is 1.32. The zero-order valence-electron chi connectivity index (χ0n) is 26.3. The Labute approximate surface area is 271 Å². The molecule has 47 heavy (non-hydrogen) atoms. The normalized spacial score (nSPS) is 19.0. The Morgan fingerprint density at radius 1 is 1.00 bits per heavy atom. The molecule has 3 fully saturated rings. The van der Waals surface area contributed by atoms with Gasteiger partial charge in [0.05, 0.1) is 25.4 Å². The van der Waals surface area contributed by atoms with Crippen LogP contribution in [-0.4, -0.2) is 125 Å². The van der Waals surface area contributed by atoms with E-state index in [-0.39, 0.29) is 62.2 Å². The van der Waals surface area contributed by atoms with Crippen molar-refractivity contribution < 1.29 is 42.7 Å². The van der Waals surface area contributed by atoms with Crippen molar-refractivity contribution in [1.82, 2.24) is 35.3 Å². The fourth-order valence-corrected chi connectivity index (χ4v) is 5.61. The average Bonchev–Trinajstić information content (AvgIpc) is 3.73. The molecular formula is C31H40FN7O8. The lowest BCUT2D eigenvalue weighted by atomic mass is 9.93. The highest BCUT2D eigenvalue weighted by Crippen LogP contribution is 2.23. The number of halogens is 1. The van der Waals surface area contributed by atoms with Gasteiger partial charge in [0.25, 0.3) is 11.8 Å². The predicted molar refractivity (Wildman–Crippen MR) is 163 cm³/mol. The molecule has 2 aromatic rings. The number of amides is 4. The number of piperazine rings is 1. The van der Waals surface area contributed by atoms with E-state index in [0.717, 1.165) is 19.3 Å². The van der Waals surface area contributed by atoms with Crippen molar-refractivity contribution >= 4 is 29.8 Å². The highest BCUT2D eigenvalue weighted by molar-refractivity contribution is 5.96. The molecule has 5 rings (SSSR count). The molecule has 1 aliphatic carbocycles. The molecule has 1 aromatic carbocycles. The SMILES string of the molecule is CCOC(=O)ON1CCN(C(=O)[C@H](CF)NC(=O)c2cc(OCC(=O)N3CCC[C@H]3C(=O)NC3CCC3)n(-c3ccccc3)n2)CC1. The number of alkyl halides is 1. The first-order chi connectivity index (χ1) is 22.8. The second kappa shape index (κ2) is 15.7. The molecule has 0 unspecified atom stereocenters. The second-order valence-corrected chi connectivity index (χ2v) is 11.5. The molecule has 1 saturated carbocycles. The lowest BCUT2D eigenvalue weighted by Crippen LogP contribution is -2.55. The molecular weight excluding hydrogens is 617 g/mol. The standard InChI is InChI=1S/C31H40FN7O8/c1-2-45-31(44)47-37-16-14-36(15-17-37)30(43)24(19-32)34-28(41)23-18-27(39(35-23)22-10-4-3-5-11-22)46-20-26(40)38-13-7-12-25(38)29(42)33-21-8-6-9-21/h3-5,10-11,18,21,24-25H,2,6-9,12-17,19-20H2,1H3,(H,33,42)(H,34,41)/t24-,25-/m0/s1. The van der Waals surface area contributed by atoms with Crippen molar-refractivity contribution in [3.8, 4) is 11.6 Å². The van der Waals surface area contributed by atoms with E-state index in [1.165, 1.54) is 25.6 Å². The first kappa shape index (κ1) is 33.6. The molecule has 3 aliphatic rings. The Kier molecular flexibility index (Phi) is 11.2. The van der Waals surface area contributed by atoms with Gasteiger partial charge in [0.15, 0.2) is 12.3 Å². The Morgan fingerprint density at radius 3 is 2.40 bits per heavy atom. The molecule has 1 aromatic heterocycles. The van der Waals surface area contributed by atoms with Gasteiger partial charge in [0, 0.05) is 31.7 Å². The maximum absolute atomic E-state index is 14.1. The summed E-state index contributed by atoms with van der Waals surface area (Å²) in [5, 5.41) is 11.1. The number of carbonyl (C=O) groups is 5. The van der Waals surface area contributed by atoms with Crippen molar-refractivity contribution in [1.29, 1.82) is 0 Å². The number of likely N-dealkylation sites (tertiary alicyclic amines) is 1. The molecule has 2 atom stereocenters. The topological polar surface area (TPSA) is 165 Å². The zero-order valence-corrected chi connectivity index (χ0v) is 26.3. The van der Waals surface area contributed by atoms with E-state index in [2.05, 4.69) is 15.7 Å². The number of ether oxygens (including phenoxy) is 2. The van der Waals surface area contributed by atoms with Crippen molar-refractivity contribution in [3.05, 3.63) is 42.1 Å². The number of benzene rings is 1. The lowest BCUT2D eigenvalue weighted by molar-refractivity contribution is -0.157. The van der Waals surface area contributed by atoms with Crippen LogP contribution in [0.3, 0.4) is 0 Å². The van der Waals surface area contributed by atoms with E-state index in [9.17, 15) is 28.4 Å². The summed E-state index contributed by atoms with van der Waals surface area (Å²) in [7, 11) is 0. The second-order valence-electron chi connectivity index (χ2n) is 11.5. The summed E-state index contributed by atoms with van der Waals surface area (Å²) in [5.41, 5.74) is 0.378. The van der Waals surface area contributed by atoms with Crippen LogP contribution in [0.15, 0.2) is 36.4 Å². The third-order valence-corrected chi connectivity index (χ3v) is 8.35. The fraction of sp³-hybridized carbons (Fsp3) is 0.548. The minimum Gasteiger partial charge on any atom is -0.467 e. The number of para-hydroxylation sites is 1. The van der Waals surface area contributed by atoms with Crippen molar-refractivity contribution in [2.24, 2.45) is 0 Å². The summed E-state index contributed by atoms with van der Waals surface area (Å²) in [5.74, 6) is -1.91. The Balaban J connectivity index is 1.21. The summed E-state index contributed by atoms with van der Waals surface area (Å²) < 4.78 is 26.0. The first-order valence-electron chi connectivity index (χ1n) is 15.9. The van der Waals surface area contributed by atoms with Gasteiger partial charge in [0.2, 0.25) is 17.7 Å². The first-order valence-corrected chi connectivity index (χ1v) is 15.9. The van der Waals surface area contributed by atoms with Crippen molar-refractivity contribution in [3.63, 3.8) is 0 Å². The van der Waals surface area contributed by atoms with Gasteiger partial charge in [-0.3, -0.25) is 19.2 Å². The number of hydrogen-bond donors (Lipinski definition) is 2. The van der Waals surface area contributed by atoms with Gasteiger partial charge in [-0.15, -0.1) is 5.06 Å². The van der Waals surface area contributed by atoms with Crippen LogP contribution in [0.25, 0.3) is 5.69 Å². The van der Waals surface area contributed by atoms with Crippen LogP contribution in [0, 0.1) is 0 Å². The number of hydrogen-bond acceptors (Lipinski definition) is 10. The average molecular weight is 658 g/mol. The third-order valence-electron chi connectivity index (χ3n) is 8.35. The minimum absolute atomic E-state index is 0.0743. The van der Waals surface area contributed by atoms with E-state index in [1.807, 2.05) is 0 Å². The van der Waals surface area contributed by atoms with Crippen LogP contribution in [0.4, 0.5) is 9.18 Å². The van der Waals surface area contributed by atoms with Crippen molar-refractivity contribution in [2.75, 3.05) is 52.6 Å². The molecule has 4 amide bonds. The molecule has 2 N–H and O–H groups in total. The maximum atomic E-state index is 14.1. The molecule has 3 heterocycles. The van der Waals surface area contributed by atoms with Gasteiger partial charge in [-0.1, -0.05) is 18.2 Å². The summed E-state index contributed by atoms with van der Waals surface area (Å²) >= 11 is 0. The summed E-state index contributed by atoms with van der Waals surface area (Å²) in [4.78, 5) is 71.8. The highest BCUT2D eigenvalue weighted by atomic mass is 19.1. The molecule has 0 bridgehead atoms. The quantitative estimate of drug-likeness (QED) is 0.317. The maximum Gasteiger partial charge on any atom is 0.527 e. The van der Waals surface area contributed by atoms with Crippen LogP contribution < -0.4 is 15.4 Å². The summed E-state index contributed by atoms with van der Waals surface area (Å²) in [6.07, 6.45) is 3.39. The highest BCUT2D eigenvalue weighted by Gasteiger charge is 2.36. The van der Waals surface area contributed by atoms with Gasteiger partial charge in [-0.05, 0) is 51.2 Å². The van der Waals surface area contributed by atoms with Crippen LogP contribution in [0.5, 0.6) is 5.88 Å². The van der Waals surface area contributed by atoms with E-state index in [4.69, 9.17) is 14.3 Å². The van der Waals surface area contributed by atoms with Crippen molar-refractivity contribution in [2.45, 2.75) is 57.2 Å². The monoisotopic (exact) mass is 657 g/mol. The van der Waals surface area contributed by atoms with E-state index < -0.39 is 43.3 Å². The van der Waals surface area contributed by atoms with E-state index >= 15 is 0 Å².